The standard InChI is InChI=1S/C13H16FN/c1-4-9-7-13(14)12(8-15)11(6-3)10(9)5-2/h7H,4-6H2,1-3H3. The first-order chi connectivity index (χ1) is 7.19. The Morgan fingerprint density at radius 3 is 2.13 bits per heavy atom. The summed E-state index contributed by atoms with van der Waals surface area (Å²) in [5.41, 5.74) is 3.30. The molecule has 0 radical (unpaired) electrons. The van der Waals surface area contributed by atoms with Gasteiger partial charge in [0.05, 0.1) is 5.56 Å². The number of halogens is 1. The monoisotopic (exact) mass is 205 g/mol. The number of nitrogens with zero attached hydrogens (tertiary/aromatic N) is 1. The second-order valence-electron chi connectivity index (χ2n) is 3.52. The Morgan fingerprint density at radius 1 is 1.13 bits per heavy atom. The van der Waals surface area contributed by atoms with Crippen LogP contribution in [-0.4, -0.2) is 0 Å². The highest BCUT2D eigenvalue weighted by atomic mass is 19.1. The topological polar surface area (TPSA) is 23.8 Å². The molecule has 0 atom stereocenters. The Balaban J connectivity index is 3.53. The van der Waals surface area contributed by atoms with E-state index in [-0.39, 0.29) is 11.4 Å². The van der Waals surface area contributed by atoms with Gasteiger partial charge in [-0.2, -0.15) is 5.26 Å². The number of benzene rings is 1. The largest absolute Gasteiger partial charge is 0.206 e. The number of aryl methyl sites for hydroxylation is 1. The van der Waals surface area contributed by atoms with Crippen LogP contribution < -0.4 is 0 Å². The highest BCUT2D eigenvalue weighted by Gasteiger charge is 2.14. The molecule has 1 nitrogen and oxygen atoms in total. The Kier molecular flexibility index (Phi) is 3.85. The normalized spacial score (nSPS) is 10.1. The first-order valence-corrected chi connectivity index (χ1v) is 5.42. The summed E-state index contributed by atoms with van der Waals surface area (Å²) in [7, 11) is 0. The van der Waals surface area contributed by atoms with Crippen molar-refractivity contribution in [1.82, 2.24) is 0 Å². The van der Waals surface area contributed by atoms with Gasteiger partial charge in [0.15, 0.2) is 0 Å². The first kappa shape index (κ1) is 11.7. The molecule has 0 aromatic heterocycles. The van der Waals surface area contributed by atoms with Crippen LogP contribution in [0.2, 0.25) is 0 Å². The van der Waals surface area contributed by atoms with E-state index in [1.807, 2.05) is 26.8 Å². The molecule has 2 heteroatoms. The molecule has 15 heavy (non-hydrogen) atoms. The SMILES string of the molecule is CCc1cc(F)c(C#N)c(CC)c1CC. The van der Waals surface area contributed by atoms with E-state index >= 15 is 0 Å². The van der Waals surface area contributed by atoms with Crippen molar-refractivity contribution in [2.75, 3.05) is 0 Å². The van der Waals surface area contributed by atoms with Crippen LogP contribution in [0.1, 0.15) is 43.0 Å². The molecule has 80 valence electrons. The third-order valence-corrected chi connectivity index (χ3v) is 2.79. The molecular weight excluding hydrogens is 189 g/mol. The highest BCUT2D eigenvalue weighted by molar-refractivity contribution is 5.48. The molecular formula is C13H16FN. The zero-order valence-corrected chi connectivity index (χ0v) is 9.52. The maximum Gasteiger partial charge on any atom is 0.141 e. The lowest BCUT2D eigenvalue weighted by molar-refractivity contribution is 0.617. The van der Waals surface area contributed by atoms with Crippen LogP contribution in [-0.2, 0) is 19.3 Å². The average molecular weight is 205 g/mol. The van der Waals surface area contributed by atoms with Crippen molar-refractivity contribution in [2.24, 2.45) is 0 Å². The second kappa shape index (κ2) is 4.93. The van der Waals surface area contributed by atoms with Crippen molar-refractivity contribution in [3.63, 3.8) is 0 Å². The third-order valence-electron chi connectivity index (χ3n) is 2.79. The molecule has 0 bridgehead atoms. The van der Waals surface area contributed by atoms with Gasteiger partial charge in [0.25, 0.3) is 0 Å². The van der Waals surface area contributed by atoms with Gasteiger partial charge in [-0.25, -0.2) is 4.39 Å². The summed E-state index contributed by atoms with van der Waals surface area (Å²) in [4.78, 5) is 0. The van der Waals surface area contributed by atoms with Gasteiger partial charge in [-0.3, -0.25) is 0 Å². The minimum Gasteiger partial charge on any atom is -0.206 e. The predicted octanol–water partition coefficient (Wildman–Crippen LogP) is 3.38. The van der Waals surface area contributed by atoms with Gasteiger partial charge >= 0.3 is 0 Å². The number of hydrogen-bond acceptors (Lipinski definition) is 1. The van der Waals surface area contributed by atoms with E-state index in [9.17, 15) is 4.39 Å². The maximum absolute atomic E-state index is 13.6. The van der Waals surface area contributed by atoms with Crippen molar-refractivity contribution in [3.05, 3.63) is 34.1 Å². The van der Waals surface area contributed by atoms with Gasteiger partial charge in [0, 0.05) is 0 Å². The van der Waals surface area contributed by atoms with Crippen molar-refractivity contribution in [3.8, 4) is 6.07 Å². The summed E-state index contributed by atoms with van der Waals surface area (Å²) in [6, 6.07) is 3.48. The third kappa shape index (κ3) is 2.02. The molecule has 1 aromatic rings. The average Bonchev–Trinajstić information content (AvgIpc) is 2.27. The van der Waals surface area contributed by atoms with E-state index < -0.39 is 0 Å². The minimum atomic E-state index is -0.372. The fourth-order valence-electron chi connectivity index (χ4n) is 2.07. The molecule has 0 saturated carbocycles. The molecule has 0 saturated heterocycles. The highest BCUT2D eigenvalue weighted by Crippen LogP contribution is 2.23. The number of rotatable bonds is 3. The van der Waals surface area contributed by atoms with Crippen molar-refractivity contribution in [1.29, 1.82) is 5.26 Å². The Hall–Kier alpha value is -1.36. The molecule has 0 aliphatic rings. The van der Waals surface area contributed by atoms with Gasteiger partial charge in [-0.05, 0) is 42.0 Å². The number of hydrogen-bond donors (Lipinski definition) is 0. The van der Waals surface area contributed by atoms with Crippen molar-refractivity contribution in [2.45, 2.75) is 40.0 Å². The van der Waals surface area contributed by atoms with Crippen LogP contribution >= 0.6 is 0 Å². The first-order valence-electron chi connectivity index (χ1n) is 5.42. The molecule has 0 amide bonds. The summed E-state index contributed by atoms with van der Waals surface area (Å²) in [6.45, 7) is 6.03. The lowest BCUT2D eigenvalue weighted by Gasteiger charge is -2.13. The van der Waals surface area contributed by atoms with Gasteiger partial charge in [0.1, 0.15) is 11.9 Å². The van der Waals surface area contributed by atoms with E-state index in [1.165, 1.54) is 6.07 Å². The molecule has 1 rings (SSSR count). The lowest BCUT2D eigenvalue weighted by Crippen LogP contribution is -2.03. The molecule has 1 aromatic carbocycles. The summed E-state index contributed by atoms with van der Waals surface area (Å²) in [5, 5.41) is 8.92. The van der Waals surface area contributed by atoms with Crippen molar-refractivity contribution >= 4 is 0 Å². The van der Waals surface area contributed by atoms with Gasteiger partial charge < -0.3 is 0 Å². The molecule has 0 aliphatic heterocycles. The summed E-state index contributed by atoms with van der Waals surface area (Å²) in [6.07, 6.45) is 2.40. The van der Waals surface area contributed by atoms with Gasteiger partial charge in [-0.15, -0.1) is 0 Å². The van der Waals surface area contributed by atoms with Crippen LogP contribution in [0.3, 0.4) is 0 Å². The zero-order chi connectivity index (χ0) is 11.4. The van der Waals surface area contributed by atoms with Crippen LogP contribution in [0.5, 0.6) is 0 Å². The molecule has 0 aliphatic carbocycles. The van der Waals surface area contributed by atoms with Crippen LogP contribution in [0, 0.1) is 17.1 Å². The molecule has 0 N–H and O–H groups in total. The van der Waals surface area contributed by atoms with E-state index in [0.717, 1.165) is 36.0 Å². The van der Waals surface area contributed by atoms with Crippen LogP contribution in [0.25, 0.3) is 0 Å². The van der Waals surface area contributed by atoms with Crippen molar-refractivity contribution < 1.29 is 4.39 Å². The Labute approximate surface area is 90.5 Å². The van der Waals surface area contributed by atoms with E-state index in [4.69, 9.17) is 5.26 Å². The predicted molar refractivity (Wildman–Crippen MR) is 59.2 cm³/mol. The summed E-state index contributed by atoms with van der Waals surface area (Å²) >= 11 is 0. The lowest BCUT2D eigenvalue weighted by atomic mass is 9.91. The smallest absolute Gasteiger partial charge is 0.141 e. The minimum absolute atomic E-state index is 0.228. The summed E-state index contributed by atoms with van der Waals surface area (Å²) in [5.74, 6) is -0.372. The molecule has 0 spiro atoms. The quantitative estimate of drug-likeness (QED) is 0.742. The molecule has 0 fully saturated rings. The molecule has 0 unspecified atom stereocenters. The second-order valence-corrected chi connectivity index (χ2v) is 3.52. The number of nitriles is 1. The molecule has 0 heterocycles. The fourth-order valence-corrected chi connectivity index (χ4v) is 2.07. The Morgan fingerprint density at radius 2 is 1.73 bits per heavy atom. The van der Waals surface area contributed by atoms with Crippen LogP contribution in [0.15, 0.2) is 6.07 Å². The zero-order valence-electron chi connectivity index (χ0n) is 9.52. The Bertz CT molecular complexity index is 402. The maximum atomic E-state index is 13.6. The van der Waals surface area contributed by atoms with E-state index in [0.29, 0.717) is 0 Å². The van der Waals surface area contributed by atoms with E-state index in [1.54, 1.807) is 0 Å². The van der Waals surface area contributed by atoms with Gasteiger partial charge in [-0.1, -0.05) is 20.8 Å². The van der Waals surface area contributed by atoms with E-state index in [2.05, 4.69) is 0 Å². The fraction of sp³-hybridized carbons (Fsp3) is 0.462. The summed E-state index contributed by atoms with van der Waals surface area (Å²) < 4.78 is 13.6. The van der Waals surface area contributed by atoms with Gasteiger partial charge in [0.2, 0.25) is 0 Å². The van der Waals surface area contributed by atoms with Crippen LogP contribution in [0.4, 0.5) is 4.39 Å².